The summed E-state index contributed by atoms with van der Waals surface area (Å²) < 4.78 is 6.23. The number of aromatic nitrogens is 2. The normalized spacial score (nSPS) is 22.4. The molecular weight excluding hydrogens is 322 g/mol. The van der Waals surface area contributed by atoms with Crippen LogP contribution >= 0.6 is 11.6 Å². The third kappa shape index (κ3) is 3.26. The zero-order valence-electron chi connectivity index (χ0n) is 13.5. The molecule has 0 unspecified atom stereocenters. The molecule has 122 valence electrons. The van der Waals surface area contributed by atoms with Crippen LogP contribution in [-0.2, 0) is 9.22 Å². The molecule has 0 bridgehead atoms. The van der Waals surface area contributed by atoms with Crippen molar-refractivity contribution in [1.29, 1.82) is 0 Å². The molecule has 2 rings (SSSR count). The van der Waals surface area contributed by atoms with Gasteiger partial charge in [-0.3, -0.25) is 4.98 Å². The number of hydrogen-bond donors (Lipinski definition) is 1. The number of nitrogens with zero attached hydrogens (tertiary/aromatic N) is 3. The fourth-order valence-electron chi connectivity index (χ4n) is 2.13. The Balaban J connectivity index is 2.16. The van der Waals surface area contributed by atoms with Crippen molar-refractivity contribution in [1.82, 2.24) is 9.97 Å². The van der Waals surface area contributed by atoms with E-state index in [2.05, 4.69) is 43.8 Å². The molecule has 2 atom stereocenters. The molecule has 0 aromatic carbocycles. The fourth-order valence-corrected chi connectivity index (χ4v) is 3.58. The first-order chi connectivity index (χ1) is 10.0. The van der Waals surface area contributed by atoms with E-state index in [0.717, 1.165) is 0 Å². The molecule has 0 amide bonds. The van der Waals surface area contributed by atoms with Crippen LogP contribution in [0.2, 0.25) is 23.3 Å². The van der Waals surface area contributed by atoms with Crippen LogP contribution in [0.1, 0.15) is 20.8 Å². The molecule has 0 spiro atoms. The standard InChI is InChI=1S/C14H22ClN3O3Si/c1-14(2,3)22(4,5)21-9-8-18(12(9)13(19)20)11-7-16-6-10(15)17-11/h6-7,9,12H,8H2,1-5H3,(H,19,20)/t9-,12-/m0/s1. The molecular formula is C14H22ClN3O3Si. The number of aliphatic carboxylic acids is 1. The number of carbonyl (C=O) groups is 1. The summed E-state index contributed by atoms with van der Waals surface area (Å²) in [6, 6.07) is -0.748. The van der Waals surface area contributed by atoms with Crippen molar-refractivity contribution in [3.05, 3.63) is 17.5 Å². The van der Waals surface area contributed by atoms with Gasteiger partial charge in [-0.2, -0.15) is 0 Å². The first kappa shape index (κ1) is 17.2. The van der Waals surface area contributed by atoms with Gasteiger partial charge in [0.1, 0.15) is 11.0 Å². The smallest absolute Gasteiger partial charge is 0.329 e. The monoisotopic (exact) mass is 343 g/mol. The second-order valence-electron chi connectivity index (χ2n) is 7.05. The first-order valence-corrected chi connectivity index (χ1v) is 10.5. The van der Waals surface area contributed by atoms with Crippen LogP contribution in [0.3, 0.4) is 0 Å². The largest absolute Gasteiger partial charge is 0.480 e. The topological polar surface area (TPSA) is 75.5 Å². The zero-order valence-corrected chi connectivity index (χ0v) is 15.3. The lowest BCUT2D eigenvalue weighted by atomic mass is 10.00. The highest BCUT2D eigenvalue weighted by atomic mass is 35.5. The van der Waals surface area contributed by atoms with Crippen LogP contribution in [0, 0.1) is 0 Å². The summed E-state index contributed by atoms with van der Waals surface area (Å²) in [5, 5.41) is 9.80. The van der Waals surface area contributed by atoms with Gasteiger partial charge in [-0.15, -0.1) is 0 Å². The Bertz CT molecular complexity index is 577. The zero-order chi connectivity index (χ0) is 16.7. The predicted molar refractivity (Wildman–Crippen MR) is 87.9 cm³/mol. The minimum atomic E-state index is -2.02. The van der Waals surface area contributed by atoms with Crippen molar-refractivity contribution < 1.29 is 14.3 Å². The molecule has 1 N–H and O–H groups in total. The van der Waals surface area contributed by atoms with E-state index in [1.165, 1.54) is 12.4 Å². The molecule has 1 saturated heterocycles. The highest BCUT2D eigenvalue weighted by molar-refractivity contribution is 6.74. The van der Waals surface area contributed by atoms with Gasteiger partial charge in [-0.25, -0.2) is 9.78 Å². The molecule has 22 heavy (non-hydrogen) atoms. The molecule has 1 aromatic heterocycles. The lowest BCUT2D eigenvalue weighted by Crippen LogP contribution is -2.68. The van der Waals surface area contributed by atoms with E-state index < -0.39 is 20.3 Å². The maximum atomic E-state index is 11.6. The van der Waals surface area contributed by atoms with Crippen molar-refractivity contribution in [2.45, 2.75) is 51.0 Å². The van der Waals surface area contributed by atoms with Gasteiger partial charge in [0, 0.05) is 6.54 Å². The molecule has 0 saturated carbocycles. The van der Waals surface area contributed by atoms with Crippen LogP contribution in [0.15, 0.2) is 12.4 Å². The second kappa shape index (κ2) is 5.79. The third-order valence-corrected chi connectivity index (χ3v) is 9.14. The lowest BCUT2D eigenvalue weighted by Gasteiger charge is -2.50. The van der Waals surface area contributed by atoms with E-state index >= 15 is 0 Å². The lowest BCUT2D eigenvalue weighted by molar-refractivity contribution is -0.143. The van der Waals surface area contributed by atoms with Crippen LogP contribution in [0.5, 0.6) is 0 Å². The van der Waals surface area contributed by atoms with Gasteiger partial charge in [-0.05, 0) is 18.1 Å². The average Bonchev–Trinajstić information content (AvgIpc) is 2.31. The highest BCUT2D eigenvalue weighted by Gasteiger charge is 2.50. The summed E-state index contributed by atoms with van der Waals surface area (Å²) in [4.78, 5) is 21.4. The van der Waals surface area contributed by atoms with E-state index in [1.807, 2.05) is 0 Å². The Kier molecular flexibility index (Phi) is 4.52. The molecule has 1 aliphatic heterocycles. The van der Waals surface area contributed by atoms with Gasteiger partial charge in [-0.1, -0.05) is 32.4 Å². The van der Waals surface area contributed by atoms with Crippen LogP contribution in [0.25, 0.3) is 0 Å². The van der Waals surface area contributed by atoms with Crippen molar-refractivity contribution in [3.63, 3.8) is 0 Å². The molecule has 8 heteroatoms. The SMILES string of the molecule is CC(C)(C)[Si](C)(C)O[C@H]1CN(c2cncc(Cl)n2)[C@@H]1C(=O)O. The first-order valence-electron chi connectivity index (χ1n) is 7.18. The molecule has 0 radical (unpaired) electrons. The van der Waals surface area contributed by atoms with Gasteiger partial charge in [0.25, 0.3) is 0 Å². The van der Waals surface area contributed by atoms with Crippen molar-refractivity contribution in [2.75, 3.05) is 11.4 Å². The Morgan fingerprint density at radius 1 is 1.45 bits per heavy atom. The summed E-state index contributed by atoms with van der Waals surface area (Å²) in [6.07, 6.45) is 2.60. The van der Waals surface area contributed by atoms with Gasteiger partial charge in [0.05, 0.1) is 18.5 Å². The van der Waals surface area contributed by atoms with Gasteiger partial charge in [0.2, 0.25) is 0 Å². The number of halogens is 1. The molecule has 1 aliphatic rings. The summed E-state index contributed by atoms with van der Waals surface area (Å²) in [7, 11) is -2.02. The molecule has 0 aliphatic carbocycles. The van der Waals surface area contributed by atoms with Crippen molar-refractivity contribution in [3.8, 4) is 0 Å². The number of carboxylic acid groups (broad SMARTS) is 1. The van der Waals surface area contributed by atoms with E-state index in [-0.39, 0.29) is 16.3 Å². The highest BCUT2D eigenvalue weighted by Crippen LogP contribution is 2.40. The maximum absolute atomic E-state index is 11.6. The number of anilines is 1. The summed E-state index contributed by atoms with van der Waals surface area (Å²) in [6.45, 7) is 11.1. The van der Waals surface area contributed by atoms with Crippen molar-refractivity contribution in [2.24, 2.45) is 0 Å². The Morgan fingerprint density at radius 3 is 2.59 bits per heavy atom. The van der Waals surface area contributed by atoms with Crippen LogP contribution < -0.4 is 4.90 Å². The average molecular weight is 344 g/mol. The Morgan fingerprint density at radius 2 is 2.09 bits per heavy atom. The minimum absolute atomic E-state index is 0.0341. The van der Waals surface area contributed by atoms with Crippen LogP contribution in [0.4, 0.5) is 5.82 Å². The van der Waals surface area contributed by atoms with E-state index in [0.29, 0.717) is 12.4 Å². The maximum Gasteiger partial charge on any atom is 0.329 e. The van der Waals surface area contributed by atoms with E-state index in [4.69, 9.17) is 16.0 Å². The van der Waals surface area contributed by atoms with Gasteiger partial charge < -0.3 is 14.4 Å². The van der Waals surface area contributed by atoms with Gasteiger partial charge in [0.15, 0.2) is 14.4 Å². The Labute approximate surface area is 136 Å². The fraction of sp³-hybridized carbons (Fsp3) is 0.643. The summed E-state index contributed by atoms with van der Waals surface area (Å²) >= 11 is 5.83. The molecule has 6 nitrogen and oxygen atoms in total. The van der Waals surface area contributed by atoms with Crippen molar-refractivity contribution >= 4 is 31.7 Å². The summed E-state index contributed by atoms with van der Waals surface area (Å²) in [5.41, 5.74) is 0. The van der Waals surface area contributed by atoms with Crippen LogP contribution in [-0.4, -0.2) is 48.1 Å². The van der Waals surface area contributed by atoms with E-state index in [1.54, 1.807) is 4.90 Å². The molecule has 1 aromatic rings. The minimum Gasteiger partial charge on any atom is -0.480 e. The quantitative estimate of drug-likeness (QED) is 0.847. The predicted octanol–water partition coefficient (Wildman–Crippen LogP) is 2.79. The third-order valence-electron chi connectivity index (χ3n) is 4.46. The second-order valence-corrected chi connectivity index (χ2v) is 12.2. The number of hydrogen-bond acceptors (Lipinski definition) is 5. The molecule has 2 heterocycles. The number of rotatable bonds is 4. The summed E-state index contributed by atoms with van der Waals surface area (Å²) in [5.74, 6) is -0.452. The number of carboxylic acids is 1. The molecule has 1 fully saturated rings. The van der Waals surface area contributed by atoms with E-state index in [9.17, 15) is 9.90 Å². The van der Waals surface area contributed by atoms with Gasteiger partial charge >= 0.3 is 5.97 Å². The Hall–Kier alpha value is -1.18.